The lowest BCUT2D eigenvalue weighted by Gasteiger charge is -2.26. The Morgan fingerprint density at radius 3 is 2.55 bits per heavy atom. The molecular weight excluding hydrogens is 273 g/mol. The average Bonchev–Trinajstić information content (AvgIpc) is 2.45. The second-order valence-electron chi connectivity index (χ2n) is 5.05. The normalized spacial score (nSPS) is 15.8. The molecule has 1 aromatic rings. The van der Waals surface area contributed by atoms with Gasteiger partial charge >= 0.3 is 0 Å². The molecule has 3 unspecified atom stereocenters. The lowest BCUT2D eigenvalue weighted by atomic mass is 10.1. The van der Waals surface area contributed by atoms with Gasteiger partial charge in [0.05, 0.1) is 16.0 Å². The fourth-order valence-corrected chi connectivity index (χ4v) is 4.04. The molecule has 0 saturated carbocycles. The first-order valence-corrected chi connectivity index (χ1v) is 8.74. The number of hydrogen-bond donors (Lipinski definition) is 1. The molecule has 0 saturated heterocycles. The van der Waals surface area contributed by atoms with Crippen molar-refractivity contribution in [3.05, 3.63) is 30.1 Å². The van der Waals surface area contributed by atoms with E-state index < -0.39 is 10.8 Å². The smallest absolute Gasteiger partial charge is 0.124 e. The fraction of sp³-hybridized carbons (Fsp3) is 0.625. The van der Waals surface area contributed by atoms with Gasteiger partial charge in [-0.1, -0.05) is 33.3 Å². The zero-order valence-corrected chi connectivity index (χ0v) is 13.5. The Kier molecular flexibility index (Phi) is 8.00. The molecule has 114 valence electrons. The summed E-state index contributed by atoms with van der Waals surface area (Å²) in [5, 5.41) is 3.53. The first-order chi connectivity index (χ1) is 9.63. The monoisotopic (exact) mass is 299 g/mol. The molecule has 0 heterocycles. The Morgan fingerprint density at radius 1 is 1.25 bits per heavy atom. The molecular formula is C16H26FNOS. The summed E-state index contributed by atoms with van der Waals surface area (Å²) in [5.74, 6) is -0.320. The minimum atomic E-state index is -1.17. The van der Waals surface area contributed by atoms with Crippen LogP contribution in [0.2, 0.25) is 0 Å². The maximum atomic E-state index is 13.3. The molecule has 1 aromatic carbocycles. The molecule has 0 spiro atoms. The molecule has 0 radical (unpaired) electrons. The Balaban J connectivity index is 2.88. The van der Waals surface area contributed by atoms with Gasteiger partial charge in [0.1, 0.15) is 5.82 Å². The lowest BCUT2D eigenvalue weighted by Crippen LogP contribution is -2.42. The number of benzene rings is 1. The maximum Gasteiger partial charge on any atom is 0.124 e. The van der Waals surface area contributed by atoms with Crippen LogP contribution in [0.15, 0.2) is 29.2 Å². The second kappa shape index (κ2) is 9.24. The van der Waals surface area contributed by atoms with Gasteiger partial charge in [-0.2, -0.15) is 0 Å². The minimum Gasteiger partial charge on any atom is -0.313 e. The van der Waals surface area contributed by atoms with E-state index >= 15 is 0 Å². The van der Waals surface area contributed by atoms with Crippen LogP contribution in [-0.2, 0) is 10.8 Å². The average molecular weight is 299 g/mol. The van der Waals surface area contributed by atoms with Crippen LogP contribution in [0.4, 0.5) is 4.39 Å². The molecule has 0 aliphatic heterocycles. The van der Waals surface area contributed by atoms with Crippen molar-refractivity contribution in [2.45, 2.75) is 62.6 Å². The standard InChI is InChI=1S/C16H26FNOS/c1-4-8-15(18-11-5-2)16(6-3)20(19)14-10-7-9-13(17)12-14/h7,9-10,12,15-16,18H,4-6,8,11H2,1-3H3. The Bertz CT molecular complexity index is 425. The van der Waals surface area contributed by atoms with Crippen LogP contribution in [0.3, 0.4) is 0 Å². The van der Waals surface area contributed by atoms with Gasteiger partial charge in [-0.25, -0.2) is 4.39 Å². The van der Waals surface area contributed by atoms with Crippen LogP contribution in [0.25, 0.3) is 0 Å². The van der Waals surface area contributed by atoms with Gasteiger partial charge in [0.25, 0.3) is 0 Å². The van der Waals surface area contributed by atoms with Gasteiger partial charge in [-0.05, 0) is 44.0 Å². The van der Waals surface area contributed by atoms with Crippen molar-refractivity contribution < 1.29 is 8.60 Å². The van der Waals surface area contributed by atoms with E-state index in [0.717, 1.165) is 32.2 Å². The van der Waals surface area contributed by atoms with Crippen molar-refractivity contribution in [1.29, 1.82) is 0 Å². The summed E-state index contributed by atoms with van der Waals surface area (Å²) in [5.41, 5.74) is 0. The molecule has 0 aromatic heterocycles. The summed E-state index contributed by atoms with van der Waals surface area (Å²) in [4.78, 5) is 0.594. The van der Waals surface area contributed by atoms with Crippen molar-refractivity contribution in [1.82, 2.24) is 5.32 Å². The molecule has 2 nitrogen and oxygen atoms in total. The molecule has 0 fully saturated rings. The van der Waals surface area contributed by atoms with Crippen molar-refractivity contribution in [3.8, 4) is 0 Å². The summed E-state index contributed by atoms with van der Waals surface area (Å²) in [6, 6.07) is 6.39. The van der Waals surface area contributed by atoms with E-state index in [2.05, 4.69) is 26.1 Å². The highest BCUT2D eigenvalue weighted by Crippen LogP contribution is 2.20. The highest BCUT2D eigenvalue weighted by Gasteiger charge is 2.25. The molecule has 0 aliphatic carbocycles. The van der Waals surface area contributed by atoms with Crippen LogP contribution in [0.1, 0.15) is 46.5 Å². The van der Waals surface area contributed by atoms with Crippen molar-refractivity contribution in [2.75, 3.05) is 6.54 Å². The van der Waals surface area contributed by atoms with Crippen molar-refractivity contribution in [2.24, 2.45) is 0 Å². The van der Waals surface area contributed by atoms with Crippen LogP contribution in [0, 0.1) is 5.82 Å². The predicted molar refractivity (Wildman–Crippen MR) is 83.9 cm³/mol. The highest BCUT2D eigenvalue weighted by molar-refractivity contribution is 7.85. The van der Waals surface area contributed by atoms with Gasteiger partial charge in [-0.15, -0.1) is 0 Å². The second-order valence-corrected chi connectivity index (χ2v) is 6.72. The van der Waals surface area contributed by atoms with E-state index in [0.29, 0.717) is 4.90 Å². The number of halogens is 1. The van der Waals surface area contributed by atoms with Crippen LogP contribution >= 0.6 is 0 Å². The quantitative estimate of drug-likeness (QED) is 0.749. The Morgan fingerprint density at radius 2 is 2.00 bits per heavy atom. The summed E-state index contributed by atoms with van der Waals surface area (Å²) in [7, 11) is -1.17. The van der Waals surface area contributed by atoms with Crippen molar-refractivity contribution in [3.63, 3.8) is 0 Å². The summed E-state index contributed by atoms with van der Waals surface area (Å²) in [6.07, 6.45) is 3.94. The zero-order valence-electron chi connectivity index (χ0n) is 12.7. The van der Waals surface area contributed by atoms with E-state index in [4.69, 9.17) is 0 Å². The molecule has 1 rings (SSSR count). The lowest BCUT2D eigenvalue weighted by molar-refractivity contribution is 0.447. The molecule has 3 atom stereocenters. The minimum absolute atomic E-state index is 0.0308. The zero-order chi connectivity index (χ0) is 15.0. The fourth-order valence-electron chi connectivity index (χ4n) is 2.41. The third-order valence-electron chi connectivity index (χ3n) is 3.41. The molecule has 1 N–H and O–H groups in total. The summed E-state index contributed by atoms with van der Waals surface area (Å²) in [6.45, 7) is 7.25. The van der Waals surface area contributed by atoms with Gasteiger partial charge in [0.15, 0.2) is 0 Å². The first kappa shape index (κ1) is 17.3. The Labute approximate surface area is 124 Å². The van der Waals surface area contributed by atoms with E-state index in [-0.39, 0.29) is 17.1 Å². The molecule has 0 bridgehead atoms. The predicted octanol–water partition coefficient (Wildman–Crippen LogP) is 3.88. The first-order valence-electron chi connectivity index (χ1n) is 7.53. The van der Waals surface area contributed by atoms with Crippen LogP contribution in [-0.4, -0.2) is 22.0 Å². The van der Waals surface area contributed by atoms with Crippen molar-refractivity contribution >= 4 is 10.8 Å². The van der Waals surface area contributed by atoms with Gasteiger partial charge in [0, 0.05) is 10.9 Å². The van der Waals surface area contributed by atoms with Gasteiger partial charge < -0.3 is 5.32 Å². The summed E-state index contributed by atoms with van der Waals surface area (Å²) < 4.78 is 26.0. The van der Waals surface area contributed by atoms with E-state index in [9.17, 15) is 8.60 Å². The van der Waals surface area contributed by atoms with E-state index in [1.807, 2.05) is 0 Å². The van der Waals surface area contributed by atoms with E-state index in [1.54, 1.807) is 12.1 Å². The maximum absolute atomic E-state index is 13.3. The van der Waals surface area contributed by atoms with Crippen LogP contribution < -0.4 is 5.32 Å². The number of nitrogens with one attached hydrogen (secondary N) is 1. The third kappa shape index (κ3) is 4.98. The SMILES string of the molecule is CCCNC(CCC)C(CC)S(=O)c1cccc(F)c1. The van der Waals surface area contributed by atoms with Gasteiger partial charge in [-0.3, -0.25) is 4.21 Å². The topological polar surface area (TPSA) is 29.1 Å². The number of hydrogen-bond acceptors (Lipinski definition) is 2. The number of rotatable bonds is 9. The Hall–Kier alpha value is -0.740. The van der Waals surface area contributed by atoms with Gasteiger partial charge in [0.2, 0.25) is 0 Å². The molecule has 4 heteroatoms. The largest absolute Gasteiger partial charge is 0.313 e. The van der Waals surface area contributed by atoms with Crippen LogP contribution in [0.5, 0.6) is 0 Å². The summed E-state index contributed by atoms with van der Waals surface area (Å²) >= 11 is 0. The molecule has 20 heavy (non-hydrogen) atoms. The highest BCUT2D eigenvalue weighted by atomic mass is 32.2. The van der Waals surface area contributed by atoms with E-state index in [1.165, 1.54) is 12.1 Å². The molecule has 0 aliphatic rings. The molecule has 0 amide bonds. The third-order valence-corrected chi connectivity index (χ3v) is 5.34.